The molecule has 0 saturated carbocycles. The fourth-order valence-electron chi connectivity index (χ4n) is 2.94. The van der Waals surface area contributed by atoms with E-state index in [0.29, 0.717) is 24.7 Å². The summed E-state index contributed by atoms with van der Waals surface area (Å²) in [5.41, 5.74) is 1.15. The molecule has 0 bridgehead atoms. The molecule has 0 aromatic heterocycles. The van der Waals surface area contributed by atoms with Crippen LogP contribution in [-0.4, -0.2) is 45.6 Å². The lowest BCUT2D eigenvalue weighted by Crippen LogP contribution is -2.31. The van der Waals surface area contributed by atoms with Crippen LogP contribution in [0, 0.1) is 0 Å². The van der Waals surface area contributed by atoms with E-state index in [0.717, 1.165) is 34.8 Å². The molecule has 0 aliphatic rings. The van der Waals surface area contributed by atoms with Gasteiger partial charge in [0.05, 0.1) is 33.2 Å². The van der Waals surface area contributed by atoms with Gasteiger partial charge in [-0.15, -0.1) is 11.8 Å². The molecule has 1 unspecified atom stereocenters. The first-order valence-corrected chi connectivity index (χ1v) is 10.9. The molecule has 0 aliphatic carbocycles. The zero-order chi connectivity index (χ0) is 21.9. The maximum absolute atomic E-state index is 12.4. The van der Waals surface area contributed by atoms with E-state index in [9.17, 15) is 4.79 Å². The van der Waals surface area contributed by atoms with E-state index >= 15 is 0 Å². The smallest absolute Gasteiger partial charge is 0.233 e. The van der Waals surface area contributed by atoms with Gasteiger partial charge in [0, 0.05) is 11.4 Å². The van der Waals surface area contributed by atoms with Gasteiger partial charge in [-0.1, -0.05) is 6.07 Å². The summed E-state index contributed by atoms with van der Waals surface area (Å²) in [7, 11) is 4.84. The molecule has 0 fully saturated rings. The number of hydrogen-bond donors (Lipinski definition) is 1. The number of thioether (sulfide) groups is 1. The fourth-order valence-corrected chi connectivity index (χ4v) is 3.86. The van der Waals surface area contributed by atoms with Gasteiger partial charge in [-0.2, -0.15) is 0 Å². The molecule has 2 rings (SSSR count). The van der Waals surface area contributed by atoms with Crippen molar-refractivity contribution in [1.82, 2.24) is 5.32 Å². The van der Waals surface area contributed by atoms with E-state index in [4.69, 9.17) is 18.9 Å². The van der Waals surface area contributed by atoms with E-state index in [2.05, 4.69) is 5.32 Å². The van der Waals surface area contributed by atoms with Gasteiger partial charge in [0.15, 0.2) is 23.0 Å². The van der Waals surface area contributed by atoms with Crippen LogP contribution in [0.1, 0.15) is 25.8 Å². The molecule has 0 aliphatic heterocycles. The van der Waals surface area contributed by atoms with E-state index in [1.807, 2.05) is 50.2 Å². The predicted octanol–water partition coefficient (Wildman–Crippen LogP) is 4.34. The molecule has 2 aromatic rings. The monoisotopic (exact) mass is 433 g/mol. The summed E-state index contributed by atoms with van der Waals surface area (Å²) >= 11 is 1.49. The van der Waals surface area contributed by atoms with Crippen LogP contribution in [-0.2, 0) is 11.2 Å². The number of methoxy groups -OCH3 is 3. The number of carbonyl (C=O) groups excluding carboxylic acids is 1. The van der Waals surface area contributed by atoms with Crippen molar-refractivity contribution in [3.8, 4) is 23.0 Å². The SMILES string of the molecule is CCOc1ccc(CCCNC(=O)C(C)Sc2ccc(OC)c(OC)c2)cc1OC. The second-order valence-corrected chi connectivity index (χ2v) is 8.00. The Morgan fingerprint density at radius 2 is 1.63 bits per heavy atom. The number of benzene rings is 2. The zero-order valence-electron chi connectivity index (χ0n) is 18.3. The molecule has 7 heteroatoms. The highest BCUT2D eigenvalue weighted by molar-refractivity contribution is 8.00. The van der Waals surface area contributed by atoms with Crippen LogP contribution in [0.2, 0.25) is 0 Å². The van der Waals surface area contributed by atoms with E-state index < -0.39 is 0 Å². The Morgan fingerprint density at radius 1 is 0.967 bits per heavy atom. The first-order valence-electron chi connectivity index (χ1n) is 9.98. The number of hydrogen-bond acceptors (Lipinski definition) is 6. The summed E-state index contributed by atoms with van der Waals surface area (Å²) in [5, 5.41) is 2.80. The molecule has 1 atom stereocenters. The van der Waals surface area contributed by atoms with Gasteiger partial charge in [0.2, 0.25) is 5.91 Å². The van der Waals surface area contributed by atoms with Crippen molar-refractivity contribution in [2.75, 3.05) is 34.5 Å². The predicted molar refractivity (Wildman–Crippen MR) is 120 cm³/mol. The topological polar surface area (TPSA) is 66.0 Å². The minimum absolute atomic E-state index is 0.0130. The average molecular weight is 434 g/mol. The van der Waals surface area contributed by atoms with Crippen LogP contribution in [0.4, 0.5) is 0 Å². The van der Waals surface area contributed by atoms with Gasteiger partial charge in [0.25, 0.3) is 0 Å². The summed E-state index contributed by atoms with van der Waals surface area (Å²) in [4.78, 5) is 13.4. The number of nitrogens with one attached hydrogen (secondary N) is 1. The molecule has 0 heterocycles. The van der Waals surface area contributed by atoms with E-state index in [1.54, 1.807) is 21.3 Å². The number of rotatable bonds is 12. The van der Waals surface area contributed by atoms with E-state index in [1.165, 1.54) is 11.8 Å². The Hall–Kier alpha value is -2.54. The van der Waals surface area contributed by atoms with Crippen molar-refractivity contribution >= 4 is 17.7 Å². The maximum atomic E-state index is 12.4. The van der Waals surface area contributed by atoms with Crippen molar-refractivity contribution in [3.05, 3.63) is 42.0 Å². The third-order valence-corrected chi connectivity index (χ3v) is 5.60. The quantitative estimate of drug-likeness (QED) is 0.397. The van der Waals surface area contributed by atoms with Crippen molar-refractivity contribution < 1.29 is 23.7 Å². The highest BCUT2D eigenvalue weighted by Crippen LogP contribution is 2.33. The molecule has 0 radical (unpaired) electrons. The summed E-state index contributed by atoms with van der Waals surface area (Å²) in [5.74, 6) is 2.82. The van der Waals surface area contributed by atoms with Gasteiger partial charge in [0.1, 0.15) is 0 Å². The molecule has 2 aromatic carbocycles. The fraction of sp³-hybridized carbons (Fsp3) is 0.435. The number of carbonyl (C=O) groups is 1. The first kappa shape index (κ1) is 23.7. The minimum atomic E-state index is -0.214. The molecular formula is C23H31NO5S. The van der Waals surface area contributed by atoms with Crippen LogP contribution in [0.5, 0.6) is 23.0 Å². The molecule has 0 saturated heterocycles. The Balaban J connectivity index is 1.80. The van der Waals surface area contributed by atoms with Crippen molar-refractivity contribution in [2.45, 2.75) is 36.8 Å². The average Bonchev–Trinajstić information content (AvgIpc) is 2.77. The van der Waals surface area contributed by atoms with Crippen LogP contribution in [0.25, 0.3) is 0 Å². The summed E-state index contributed by atoms with van der Waals surface area (Å²) < 4.78 is 21.5. The number of aryl methyl sites for hydroxylation is 1. The van der Waals surface area contributed by atoms with Gasteiger partial charge in [-0.25, -0.2) is 0 Å². The van der Waals surface area contributed by atoms with Crippen LogP contribution in [0.15, 0.2) is 41.3 Å². The highest BCUT2D eigenvalue weighted by atomic mass is 32.2. The van der Waals surface area contributed by atoms with E-state index in [-0.39, 0.29) is 11.2 Å². The molecule has 30 heavy (non-hydrogen) atoms. The van der Waals surface area contributed by atoms with Crippen LogP contribution < -0.4 is 24.3 Å². The van der Waals surface area contributed by atoms with Crippen molar-refractivity contribution in [1.29, 1.82) is 0 Å². The largest absolute Gasteiger partial charge is 0.493 e. The maximum Gasteiger partial charge on any atom is 0.233 e. The van der Waals surface area contributed by atoms with Gasteiger partial charge < -0.3 is 24.3 Å². The van der Waals surface area contributed by atoms with Crippen molar-refractivity contribution in [2.24, 2.45) is 0 Å². The summed E-state index contributed by atoms with van der Waals surface area (Å²) in [6, 6.07) is 11.6. The lowest BCUT2D eigenvalue weighted by Gasteiger charge is -2.14. The lowest BCUT2D eigenvalue weighted by molar-refractivity contribution is -0.120. The van der Waals surface area contributed by atoms with Gasteiger partial charge in [-0.3, -0.25) is 4.79 Å². The standard InChI is InChI=1S/C23H31NO5S/c1-6-29-20-11-9-17(14-21(20)27-4)8-7-13-24-23(25)16(2)30-18-10-12-19(26-3)22(15-18)28-5/h9-12,14-16H,6-8,13H2,1-5H3,(H,24,25). The Bertz CT molecular complexity index is 827. The Labute approximate surface area is 183 Å². The third kappa shape index (κ3) is 6.76. The molecule has 1 N–H and O–H groups in total. The molecule has 1 amide bonds. The summed E-state index contributed by atoms with van der Waals surface area (Å²) in [6.45, 7) is 5.06. The number of amides is 1. The van der Waals surface area contributed by atoms with Gasteiger partial charge >= 0.3 is 0 Å². The Kier molecular flexibility index (Phi) is 9.67. The minimum Gasteiger partial charge on any atom is -0.493 e. The van der Waals surface area contributed by atoms with Crippen LogP contribution >= 0.6 is 11.8 Å². The zero-order valence-corrected chi connectivity index (χ0v) is 19.1. The first-order chi connectivity index (χ1) is 14.5. The Morgan fingerprint density at radius 3 is 2.30 bits per heavy atom. The second-order valence-electron chi connectivity index (χ2n) is 6.59. The third-order valence-electron chi connectivity index (χ3n) is 4.51. The second kappa shape index (κ2) is 12.2. The number of ether oxygens (including phenoxy) is 4. The molecule has 0 spiro atoms. The summed E-state index contributed by atoms with van der Waals surface area (Å²) in [6.07, 6.45) is 1.69. The highest BCUT2D eigenvalue weighted by Gasteiger charge is 2.15. The molecule has 6 nitrogen and oxygen atoms in total. The van der Waals surface area contributed by atoms with Crippen molar-refractivity contribution in [3.63, 3.8) is 0 Å². The van der Waals surface area contributed by atoms with Gasteiger partial charge in [-0.05, 0) is 62.6 Å². The van der Waals surface area contributed by atoms with Crippen LogP contribution in [0.3, 0.4) is 0 Å². The normalized spacial score (nSPS) is 11.5. The molecular weight excluding hydrogens is 402 g/mol. The lowest BCUT2D eigenvalue weighted by atomic mass is 10.1. The molecule has 164 valence electrons.